The minimum Gasteiger partial charge on any atom is -0.467 e. The van der Waals surface area contributed by atoms with Crippen molar-refractivity contribution < 1.29 is 13.2 Å². The Bertz CT molecular complexity index is 711. The van der Waals surface area contributed by atoms with Crippen molar-refractivity contribution in [1.82, 2.24) is 0 Å². The molecule has 1 atom stereocenters. The molecule has 21 heavy (non-hydrogen) atoms. The van der Waals surface area contributed by atoms with Crippen molar-refractivity contribution in [3.63, 3.8) is 0 Å². The van der Waals surface area contributed by atoms with Gasteiger partial charge in [-0.3, -0.25) is 0 Å². The number of hydrogen-bond donors (Lipinski definition) is 1. The lowest BCUT2D eigenvalue weighted by Crippen LogP contribution is -2.12. The highest BCUT2D eigenvalue weighted by molar-refractivity contribution is 5.49. The molecule has 0 saturated heterocycles. The maximum Gasteiger partial charge on any atom is 0.146 e. The first-order valence-corrected chi connectivity index (χ1v) is 6.54. The number of furan rings is 1. The summed E-state index contributed by atoms with van der Waals surface area (Å²) in [5.74, 6) is -0.376. The molecule has 4 heteroatoms. The molecule has 0 aliphatic rings. The fourth-order valence-corrected chi connectivity index (χ4v) is 2.18. The van der Waals surface area contributed by atoms with Gasteiger partial charge in [0.05, 0.1) is 12.0 Å². The summed E-state index contributed by atoms with van der Waals surface area (Å²) in [6.07, 6.45) is 1.55. The zero-order chi connectivity index (χ0) is 14.7. The van der Waals surface area contributed by atoms with E-state index in [4.69, 9.17) is 4.42 Å². The molecule has 0 aliphatic heterocycles. The predicted octanol–water partition coefficient (Wildman–Crippen LogP) is 4.76. The lowest BCUT2D eigenvalue weighted by Gasteiger charge is -2.19. The Hall–Kier alpha value is -2.62. The summed E-state index contributed by atoms with van der Waals surface area (Å²) in [4.78, 5) is 0. The van der Waals surface area contributed by atoms with E-state index in [9.17, 15) is 8.78 Å². The second kappa shape index (κ2) is 5.79. The standard InChI is InChI=1S/C17H13F2NO/c18-13-8-9-14(19)15(11-13)20-17(16-7-4-10-21-16)12-5-2-1-3-6-12/h1-11,17,20H. The Morgan fingerprint density at radius 1 is 0.905 bits per heavy atom. The fourth-order valence-electron chi connectivity index (χ4n) is 2.18. The molecule has 1 heterocycles. The van der Waals surface area contributed by atoms with E-state index in [1.807, 2.05) is 30.3 Å². The van der Waals surface area contributed by atoms with Crippen LogP contribution in [0.25, 0.3) is 0 Å². The van der Waals surface area contributed by atoms with Gasteiger partial charge in [-0.2, -0.15) is 0 Å². The molecule has 0 fully saturated rings. The van der Waals surface area contributed by atoms with Gasteiger partial charge in [-0.25, -0.2) is 8.78 Å². The van der Waals surface area contributed by atoms with Gasteiger partial charge >= 0.3 is 0 Å². The van der Waals surface area contributed by atoms with E-state index in [1.54, 1.807) is 18.4 Å². The van der Waals surface area contributed by atoms with Crippen molar-refractivity contribution in [2.24, 2.45) is 0 Å². The van der Waals surface area contributed by atoms with Gasteiger partial charge < -0.3 is 9.73 Å². The average molecular weight is 285 g/mol. The van der Waals surface area contributed by atoms with Crippen molar-refractivity contribution in [2.45, 2.75) is 6.04 Å². The van der Waals surface area contributed by atoms with Crippen LogP contribution in [0.1, 0.15) is 17.4 Å². The van der Waals surface area contributed by atoms with Crippen LogP contribution in [-0.4, -0.2) is 0 Å². The van der Waals surface area contributed by atoms with Crippen LogP contribution in [0.3, 0.4) is 0 Å². The molecule has 0 aliphatic carbocycles. The normalized spacial score (nSPS) is 12.1. The minimum absolute atomic E-state index is 0.0975. The second-order valence-corrected chi connectivity index (χ2v) is 4.63. The van der Waals surface area contributed by atoms with Crippen LogP contribution < -0.4 is 5.32 Å². The van der Waals surface area contributed by atoms with Crippen molar-refractivity contribution in [3.05, 3.63) is 89.9 Å². The van der Waals surface area contributed by atoms with Crippen LogP contribution in [-0.2, 0) is 0 Å². The van der Waals surface area contributed by atoms with Gasteiger partial charge in [-0.15, -0.1) is 0 Å². The maximum atomic E-state index is 13.8. The van der Waals surface area contributed by atoms with Gasteiger partial charge in [-0.05, 0) is 35.9 Å². The third kappa shape index (κ3) is 2.94. The molecule has 106 valence electrons. The third-order valence-corrected chi connectivity index (χ3v) is 3.19. The largest absolute Gasteiger partial charge is 0.467 e. The number of anilines is 1. The van der Waals surface area contributed by atoms with Crippen molar-refractivity contribution in [1.29, 1.82) is 0 Å². The summed E-state index contributed by atoms with van der Waals surface area (Å²) in [5.41, 5.74) is 0.997. The average Bonchev–Trinajstić information content (AvgIpc) is 3.03. The molecule has 1 N–H and O–H groups in total. The highest BCUT2D eigenvalue weighted by atomic mass is 19.1. The Morgan fingerprint density at radius 2 is 1.71 bits per heavy atom. The first kappa shape index (κ1) is 13.4. The van der Waals surface area contributed by atoms with Crippen molar-refractivity contribution >= 4 is 5.69 Å². The Balaban J connectivity index is 1.99. The predicted molar refractivity (Wildman–Crippen MR) is 77.0 cm³/mol. The van der Waals surface area contributed by atoms with E-state index in [1.165, 1.54) is 0 Å². The molecule has 0 spiro atoms. The summed E-state index contributed by atoms with van der Waals surface area (Å²) in [6.45, 7) is 0. The zero-order valence-electron chi connectivity index (χ0n) is 11.1. The van der Waals surface area contributed by atoms with Gasteiger partial charge in [0.25, 0.3) is 0 Å². The molecule has 3 aromatic rings. The topological polar surface area (TPSA) is 25.2 Å². The number of rotatable bonds is 4. The quantitative estimate of drug-likeness (QED) is 0.747. The van der Waals surface area contributed by atoms with Crippen molar-refractivity contribution in [3.8, 4) is 0 Å². The molecule has 2 nitrogen and oxygen atoms in total. The second-order valence-electron chi connectivity index (χ2n) is 4.63. The van der Waals surface area contributed by atoms with Gasteiger partial charge in [-0.1, -0.05) is 30.3 Å². The summed E-state index contributed by atoms with van der Waals surface area (Å²) in [6, 6.07) is 15.9. The lowest BCUT2D eigenvalue weighted by molar-refractivity contribution is 0.497. The van der Waals surface area contributed by atoms with Crippen LogP contribution in [0.2, 0.25) is 0 Å². The van der Waals surface area contributed by atoms with Crippen molar-refractivity contribution in [2.75, 3.05) is 5.32 Å². The Labute approximate surface area is 121 Å². The summed E-state index contributed by atoms with van der Waals surface area (Å²) < 4.78 is 32.6. The van der Waals surface area contributed by atoms with Gasteiger partial charge in [0.1, 0.15) is 23.4 Å². The van der Waals surface area contributed by atoms with Gasteiger partial charge in [0.15, 0.2) is 0 Å². The molecule has 0 radical (unpaired) electrons. The van der Waals surface area contributed by atoms with Crippen LogP contribution >= 0.6 is 0 Å². The Kier molecular flexibility index (Phi) is 3.69. The molecule has 0 amide bonds. The first-order valence-electron chi connectivity index (χ1n) is 6.54. The molecular formula is C17H13F2NO. The third-order valence-electron chi connectivity index (χ3n) is 3.19. The summed E-state index contributed by atoms with van der Waals surface area (Å²) in [5, 5.41) is 3.00. The molecule has 1 unspecified atom stereocenters. The summed E-state index contributed by atoms with van der Waals surface area (Å²) >= 11 is 0. The van der Waals surface area contributed by atoms with E-state index in [2.05, 4.69) is 5.32 Å². The van der Waals surface area contributed by atoms with Crippen LogP contribution in [0.5, 0.6) is 0 Å². The monoisotopic (exact) mass is 285 g/mol. The number of hydrogen-bond acceptors (Lipinski definition) is 2. The molecular weight excluding hydrogens is 272 g/mol. The fraction of sp³-hybridized carbons (Fsp3) is 0.0588. The van der Waals surface area contributed by atoms with E-state index < -0.39 is 17.7 Å². The van der Waals surface area contributed by atoms with E-state index in [-0.39, 0.29) is 5.69 Å². The van der Waals surface area contributed by atoms with Gasteiger partial charge in [0.2, 0.25) is 0 Å². The van der Waals surface area contributed by atoms with Crippen LogP contribution in [0.15, 0.2) is 71.3 Å². The zero-order valence-corrected chi connectivity index (χ0v) is 11.1. The van der Waals surface area contributed by atoms with Crippen LogP contribution in [0, 0.1) is 11.6 Å². The minimum atomic E-state index is -0.510. The highest BCUT2D eigenvalue weighted by Gasteiger charge is 2.18. The maximum absolute atomic E-state index is 13.8. The highest BCUT2D eigenvalue weighted by Crippen LogP contribution is 2.28. The number of benzene rings is 2. The summed E-state index contributed by atoms with van der Waals surface area (Å²) in [7, 11) is 0. The SMILES string of the molecule is Fc1ccc(F)c(NC(c2ccccc2)c2ccco2)c1. The molecule has 1 aromatic heterocycles. The first-order chi connectivity index (χ1) is 10.2. The van der Waals surface area contributed by atoms with Crippen LogP contribution in [0.4, 0.5) is 14.5 Å². The lowest BCUT2D eigenvalue weighted by atomic mass is 10.0. The Morgan fingerprint density at radius 3 is 2.43 bits per heavy atom. The smallest absolute Gasteiger partial charge is 0.146 e. The molecule has 2 aromatic carbocycles. The number of halogens is 2. The van der Waals surface area contributed by atoms with Gasteiger partial charge in [0, 0.05) is 0 Å². The molecule has 0 bridgehead atoms. The number of nitrogens with one attached hydrogen (secondary N) is 1. The van der Waals surface area contributed by atoms with E-state index in [0.29, 0.717) is 5.76 Å². The molecule has 3 rings (SSSR count). The molecule has 0 saturated carbocycles. The van der Waals surface area contributed by atoms with E-state index in [0.717, 1.165) is 23.8 Å². The van der Waals surface area contributed by atoms with E-state index >= 15 is 0 Å².